The second kappa shape index (κ2) is 7.68. The molecule has 0 heterocycles. The number of hydrogen-bond acceptors (Lipinski definition) is 3. The lowest BCUT2D eigenvalue weighted by Crippen LogP contribution is -2.43. The Morgan fingerprint density at radius 1 is 1.35 bits per heavy atom. The Hall–Kier alpha value is -1.84. The molecule has 108 valence electrons. The molecule has 0 bridgehead atoms. The third-order valence-electron chi connectivity index (χ3n) is 2.37. The van der Waals surface area contributed by atoms with E-state index in [1.807, 2.05) is 6.07 Å². The van der Waals surface area contributed by atoms with Crippen LogP contribution in [0.4, 0.5) is 10.5 Å². The van der Waals surface area contributed by atoms with Crippen LogP contribution in [0.3, 0.4) is 0 Å². The first kappa shape index (κ1) is 16.2. The summed E-state index contributed by atoms with van der Waals surface area (Å²) in [6.07, 6.45) is -0.162. The molecule has 0 spiro atoms. The number of urea groups is 1. The zero-order chi connectivity index (χ0) is 15.1. The molecule has 8 heteroatoms. The van der Waals surface area contributed by atoms with E-state index in [1.165, 1.54) is 0 Å². The van der Waals surface area contributed by atoms with Crippen molar-refractivity contribution in [2.75, 3.05) is 5.32 Å². The third-order valence-corrected chi connectivity index (χ3v) is 3.04. The third kappa shape index (κ3) is 5.87. The van der Waals surface area contributed by atoms with Gasteiger partial charge in [-0.3, -0.25) is 4.79 Å². The fraction of sp³-hybridized carbons (Fsp3) is 0.250. The summed E-state index contributed by atoms with van der Waals surface area (Å²) in [6, 6.07) is 5.23. The van der Waals surface area contributed by atoms with Crippen LogP contribution >= 0.6 is 22.6 Å². The summed E-state index contributed by atoms with van der Waals surface area (Å²) < 4.78 is 0.934. The van der Waals surface area contributed by atoms with Gasteiger partial charge in [-0.1, -0.05) is 6.07 Å². The molecule has 0 saturated heterocycles. The first-order chi connectivity index (χ1) is 9.38. The Labute approximate surface area is 129 Å². The number of carbonyl (C=O) groups excluding carboxylic acids is 2. The lowest BCUT2D eigenvalue weighted by Gasteiger charge is -2.14. The van der Waals surface area contributed by atoms with E-state index in [0.29, 0.717) is 5.69 Å². The van der Waals surface area contributed by atoms with E-state index >= 15 is 0 Å². The zero-order valence-electron chi connectivity index (χ0n) is 10.4. The van der Waals surface area contributed by atoms with Gasteiger partial charge >= 0.3 is 12.0 Å². The second-order valence-corrected chi connectivity index (χ2v) is 5.25. The topological polar surface area (TPSA) is 122 Å². The lowest BCUT2D eigenvalue weighted by molar-refractivity contribution is -0.139. The summed E-state index contributed by atoms with van der Waals surface area (Å²) in [4.78, 5) is 33.3. The molecular weight excluding hydrogens is 377 g/mol. The quantitative estimate of drug-likeness (QED) is 0.543. The molecule has 7 nitrogen and oxygen atoms in total. The van der Waals surface area contributed by atoms with Crippen molar-refractivity contribution in [1.82, 2.24) is 5.32 Å². The number of amides is 3. The summed E-state index contributed by atoms with van der Waals surface area (Å²) in [5.41, 5.74) is 5.50. The second-order valence-electron chi connectivity index (χ2n) is 4.00. The molecule has 0 aliphatic heterocycles. The van der Waals surface area contributed by atoms with Gasteiger partial charge < -0.3 is 21.5 Å². The number of nitrogens with two attached hydrogens (primary N) is 1. The highest BCUT2D eigenvalue weighted by Gasteiger charge is 2.20. The number of hydrogen-bond donors (Lipinski definition) is 4. The van der Waals surface area contributed by atoms with Crippen molar-refractivity contribution in [3.8, 4) is 0 Å². The van der Waals surface area contributed by atoms with Gasteiger partial charge in [0, 0.05) is 15.7 Å². The number of carbonyl (C=O) groups is 3. The molecule has 1 atom stereocenters. The van der Waals surface area contributed by atoms with Gasteiger partial charge in [0.15, 0.2) is 0 Å². The van der Waals surface area contributed by atoms with Gasteiger partial charge in [0.2, 0.25) is 5.91 Å². The number of nitrogens with one attached hydrogen (secondary N) is 2. The summed E-state index contributed by atoms with van der Waals surface area (Å²) in [5, 5.41) is 13.8. The number of carboxylic acids is 1. The van der Waals surface area contributed by atoms with Crippen LogP contribution in [0.15, 0.2) is 24.3 Å². The maximum Gasteiger partial charge on any atom is 0.326 e. The van der Waals surface area contributed by atoms with Crippen LogP contribution in [-0.2, 0) is 9.59 Å². The SMILES string of the molecule is NC(=O)CCC(NC(=O)Nc1cccc(I)c1)C(=O)O. The molecule has 1 aromatic carbocycles. The van der Waals surface area contributed by atoms with E-state index in [-0.39, 0.29) is 12.8 Å². The zero-order valence-corrected chi connectivity index (χ0v) is 12.6. The Bertz CT molecular complexity index is 521. The number of benzene rings is 1. The molecule has 0 fully saturated rings. The van der Waals surface area contributed by atoms with Gasteiger partial charge in [-0.25, -0.2) is 9.59 Å². The van der Waals surface area contributed by atoms with Crippen molar-refractivity contribution in [2.24, 2.45) is 5.73 Å². The molecular formula is C12H14IN3O4. The van der Waals surface area contributed by atoms with Gasteiger partial charge in [-0.05, 0) is 47.2 Å². The van der Waals surface area contributed by atoms with Crippen LogP contribution in [-0.4, -0.2) is 29.1 Å². The fourth-order valence-electron chi connectivity index (χ4n) is 1.44. The molecule has 1 aromatic rings. The molecule has 3 amide bonds. The predicted octanol–water partition coefficient (Wildman–Crippen LogP) is 1.13. The van der Waals surface area contributed by atoms with Crippen LogP contribution in [0.2, 0.25) is 0 Å². The highest BCUT2D eigenvalue weighted by atomic mass is 127. The molecule has 0 aromatic heterocycles. The number of carboxylic acid groups (broad SMARTS) is 1. The van der Waals surface area contributed by atoms with Crippen LogP contribution in [0.5, 0.6) is 0 Å². The fourth-order valence-corrected chi connectivity index (χ4v) is 1.98. The standard InChI is InChI=1S/C12H14IN3O4/c13-7-2-1-3-8(6-7)15-12(20)16-9(11(18)19)4-5-10(14)17/h1-3,6,9H,4-5H2,(H2,14,17)(H,18,19)(H2,15,16,20). The van der Waals surface area contributed by atoms with Gasteiger partial charge in [-0.15, -0.1) is 0 Å². The van der Waals surface area contributed by atoms with Gasteiger partial charge in [0.1, 0.15) is 6.04 Å². The largest absolute Gasteiger partial charge is 0.480 e. The summed E-state index contributed by atoms with van der Waals surface area (Å²) in [6.45, 7) is 0. The number of halogens is 1. The number of aliphatic carboxylic acids is 1. The van der Waals surface area contributed by atoms with Crippen molar-refractivity contribution < 1.29 is 19.5 Å². The molecule has 20 heavy (non-hydrogen) atoms. The van der Waals surface area contributed by atoms with Gasteiger partial charge in [0.25, 0.3) is 0 Å². The maximum absolute atomic E-state index is 11.7. The monoisotopic (exact) mass is 391 g/mol. The minimum atomic E-state index is -1.22. The van der Waals surface area contributed by atoms with E-state index in [9.17, 15) is 14.4 Å². The van der Waals surface area contributed by atoms with Gasteiger partial charge in [0.05, 0.1) is 0 Å². The van der Waals surface area contributed by atoms with E-state index in [1.54, 1.807) is 18.2 Å². The number of primary amides is 1. The molecule has 0 aliphatic rings. The predicted molar refractivity (Wildman–Crippen MR) is 81.2 cm³/mol. The normalized spacial score (nSPS) is 11.4. The Morgan fingerprint density at radius 3 is 2.60 bits per heavy atom. The maximum atomic E-state index is 11.7. The molecule has 0 saturated carbocycles. The van der Waals surface area contributed by atoms with Crippen molar-refractivity contribution in [1.29, 1.82) is 0 Å². The molecule has 0 radical (unpaired) electrons. The Kier molecular flexibility index (Phi) is 6.22. The van der Waals surface area contributed by atoms with E-state index in [4.69, 9.17) is 10.8 Å². The highest BCUT2D eigenvalue weighted by Crippen LogP contribution is 2.12. The van der Waals surface area contributed by atoms with E-state index in [2.05, 4.69) is 33.2 Å². The average molecular weight is 391 g/mol. The number of anilines is 1. The smallest absolute Gasteiger partial charge is 0.326 e. The highest BCUT2D eigenvalue weighted by molar-refractivity contribution is 14.1. The Morgan fingerprint density at radius 2 is 2.05 bits per heavy atom. The number of rotatable bonds is 6. The van der Waals surface area contributed by atoms with E-state index < -0.39 is 23.9 Å². The van der Waals surface area contributed by atoms with Crippen molar-refractivity contribution in [3.63, 3.8) is 0 Å². The van der Waals surface area contributed by atoms with Crippen LogP contribution in [0, 0.1) is 3.57 Å². The lowest BCUT2D eigenvalue weighted by atomic mass is 10.1. The van der Waals surface area contributed by atoms with Crippen molar-refractivity contribution in [2.45, 2.75) is 18.9 Å². The molecule has 5 N–H and O–H groups in total. The van der Waals surface area contributed by atoms with Gasteiger partial charge in [-0.2, -0.15) is 0 Å². The summed E-state index contributed by atoms with van der Waals surface area (Å²) in [5.74, 6) is -1.83. The molecule has 1 rings (SSSR count). The summed E-state index contributed by atoms with van der Waals surface area (Å²) >= 11 is 2.09. The van der Waals surface area contributed by atoms with Crippen molar-refractivity contribution in [3.05, 3.63) is 27.8 Å². The van der Waals surface area contributed by atoms with Crippen LogP contribution in [0.25, 0.3) is 0 Å². The molecule has 1 unspecified atom stereocenters. The average Bonchev–Trinajstić information content (AvgIpc) is 2.33. The first-order valence-corrected chi connectivity index (χ1v) is 6.80. The Balaban J connectivity index is 2.57. The van der Waals surface area contributed by atoms with Crippen LogP contribution in [0.1, 0.15) is 12.8 Å². The molecule has 0 aliphatic carbocycles. The van der Waals surface area contributed by atoms with Crippen molar-refractivity contribution >= 4 is 46.2 Å². The van der Waals surface area contributed by atoms with E-state index in [0.717, 1.165) is 3.57 Å². The minimum Gasteiger partial charge on any atom is -0.480 e. The first-order valence-electron chi connectivity index (χ1n) is 5.72. The minimum absolute atomic E-state index is 0.0512. The van der Waals surface area contributed by atoms with Crippen LogP contribution < -0.4 is 16.4 Å². The summed E-state index contributed by atoms with van der Waals surface area (Å²) in [7, 11) is 0.